The normalized spacial score (nSPS) is 19.3. The van der Waals surface area contributed by atoms with Crippen molar-refractivity contribution in [2.24, 2.45) is 0 Å². The molecule has 0 bridgehead atoms. The number of nitrogens with zero attached hydrogens (tertiary/aromatic N) is 3. The van der Waals surface area contributed by atoms with Crippen LogP contribution in [0.2, 0.25) is 0 Å². The highest BCUT2D eigenvalue weighted by molar-refractivity contribution is 5.20. The van der Waals surface area contributed by atoms with E-state index in [1.54, 1.807) is 12.1 Å². The minimum atomic E-state index is -0.348. The van der Waals surface area contributed by atoms with Crippen LogP contribution in [0, 0.1) is 15.9 Å². The molecule has 1 atom stereocenters. The molecule has 1 unspecified atom stereocenters. The first-order valence-electron chi connectivity index (χ1n) is 6.36. The highest BCUT2D eigenvalue weighted by Gasteiger charge is 2.27. The number of halogens is 1. The molecule has 0 saturated carbocycles. The van der Waals surface area contributed by atoms with Crippen LogP contribution >= 0.6 is 0 Å². The minimum Gasteiger partial charge on any atom is -0.304 e. The molecule has 0 aromatic heterocycles. The summed E-state index contributed by atoms with van der Waals surface area (Å²) in [6.45, 7) is 3.11. The molecule has 104 valence electrons. The van der Waals surface area contributed by atoms with E-state index in [-0.39, 0.29) is 23.3 Å². The third-order valence-corrected chi connectivity index (χ3v) is 3.53. The molecule has 2 rings (SSSR count). The Kier molecular flexibility index (Phi) is 4.44. The Hall–Kier alpha value is -1.53. The Balaban J connectivity index is 2.18. The molecule has 1 aliphatic rings. The second kappa shape index (κ2) is 6.08. The average molecular weight is 267 g/mol. The molecule has 0 amide bonds. The zero-order valence-corrected chi connectivity index (χ0v) is 11.0. The van der Waals surface area contributed by atoms with E-state index in [1.165, 1.54) is 12.1 Å². The Morgan fingerprint density at radius 3 is 2.63 bits per heavy atom. The smallest absolute Gasteiger partial charge is 0.223 e. The summed E-state index contributed by atoms with van der Waals surface area (Å²) in [5.41, 5.74) is 0.682. The third-order valence-electron chi connectivity index (χ3n) is 3.53. The van der Waals surface area contributed by atoms with Crippen LogP contribution in [0.3, 0.4) is 0 Å². The maximum Gasteiger partial charge on any atom is 0.223 e. The van der Waals surface area contributed by atoms with Crippen molar-refractivity contribution in [1.82, 2.24) is 9.80 Å². The van der Waals surface area contributed by atoms with Crippen molar-refractivity contribution in [3.8, 4) is 0 Å². The lowest BCUT2D eigenvalue weighted by atomic mass is 10.0. The van der Waals surface area contributed by atoms with Crippen LogP contribution in [-0.4, -0.2) is 54.5 Å². The molecule has 1 saturated heterocycles. The fourth-order valence-electron chi connectivity index (χ4n) is 2.42. The standard InChI is InChI=1S/C13H18FN3O2/c1-15-5-7-16(8-6-15)13(10-17(18)19)11-3-2-4-12(14)9-11/h2-4,9,13H,5-8,10H2,1H3. The SMILES string of the molecule is CN1CCN(C(C[N+](=O)[O-])c2cccc(F)c2)CC1. The molecule has 1 aliphatic heterocycles. The van der Waals surface area contributed by atoms with E-state index in [0.717, 1.165) is 26.2 Å². The second-order valence-electron chi connectivity index (χ2n) is 4.93. The molecule has 1 aromatic rings. The summed E-state index contributed by atoms with van der Waals surface area (Å²) in [5, 5.41) is 10.8. The van der Waals surface area contributed by atoms with E-state index in [4.69, 9.17) is 0 Å². The van der Waals surface area contributed by atoms with Gasteiger partial charge in [-0.1, -0.05) is 12.1 Å². The number of nitro groups is 1. The van der Waals surface area contributed by atoms with Crippen LogP contribution in [0.15, 0.2) is 24.3 Å². The zero-order chi connectivity index (χ0) is 13.8. The topological polar surface area (TPSA) is 49.6 Å². The summed E-state index contributed by atoms with van der Waals surface area (Å²) in [7, 11) is 2.03. The van der Waals surface area contributed by atoms with Gasteiger partial charge in [0.25, 0.3) is 0 Å². The summed E-state index contributed by atoms with van der Waals surface area (Å²) < 4.78 is 13.3. The Bertz CT molecular complexity index is 447. The fourth-order valence-corrected chi connectivity index (χ4v) is 2.42. The first-order valence-corrected chi connectivity index (χ1v) is 6.36. The molecule has 1 fully saturated rings. The number of likely N-dealkylation sites (N-methyl/N-ethyl adjacent to an activating group) is 1. The van der Waals surface area contributed by atoms with Crippen molar-refractivity contribution in [3.63, 3.8) is 0 Å². The predicted octanol–water partition coefficient (Wildman–Crippen LogP) is 1.39. The summed E-state index contributed by atoms with van der Waals surface area (Å²) >= 11 is 0. The van der Waals surface area contributed by atoms with E-state index >= 15 is 0 Å². The van der Waals surface area contributed by atoms with Gasteiger partial charge in [0.05, 0.1) is 0 Å². The zero-order valence-electron chi connectivity index (χ0n) is 11.0. The predicted molar refractivity (Wildman–Crippen MR) is 70.1 cm³/mol. The van der Waals surface area contributed by atoms with Crippen molar-refractivity contribution < 1.29 is 9.31 Å². The van der Waals surface area contributed by atoms with Crippen LogP contribution in [0.25, 0.3) is 0 Å². The molecular formula is C13H18FN3O2. The molecule has 5 nitrogen and oxygen atoms in total. The van der Waals surface area contributed by atoms with Gasteiger partial charge in [0.15, 0.2) is 0 Å². The highest BCUT2D eigenvalue weighted by atomic mass is 19.1. The van der Waals surface area contributed by atoms with Crippen LogP contribution < -0.4 is 0 Å². The summed E-state index contributed by atoms with van der Waals surface area (Å²) in [6.07, 6.45) is 0. The Morgan fingerprint density at radius 1 is 1.37 bits per heavy atom. The highest BCUT2D eigenvalue weighted by Crippen LogP contribution is 2.23. The van der Waals surface area contributed by atoms with Gasteiger partial charge in [-0.25, -0.2) is 4.39 Å². The van der Waals surface area contributed by atoms with Crippen LogP contribution in [0.1, 0.15) is 11.6 Å². The second-order valence-corrected chi connectivity index (χ2v) is 4.93. The number of piperazine rings is 1. The molecule has 19 heavy (non-hydrogen) atoms. The van der Waals surface area contributed by atoms with Gasteiger partial charge in [-0.3, -0.25) is 15.0 Å². The van der Waals surface area contributed by atoms with Gasteiger partial charge in [0.1, 0.15) is 11.9 Å². The van der Waals surface area contributed by atoms with E-state index < -0.39 is 0 Å². The molecule has 0 N–H and O–H groups in total. The first-order chi connectivity index (χ1) is 9.06. The van der Waals surface area contributed by atoms with Gasteiger partial charge in [0.2, 0.25) is 6.54 Å². The largest absolute Gasteiger partial charge is 0.304 e. The number of benzene rings is 1. The average Bonchev–Trinajstić information content (AvgIpc) is 2.37. The third kappa shape index (κ3) is 3.71. The quantitative estimate of drug-likeness (QED) is 0.611. The van der Waals surface area contributed by atoms with E-state index in [1.807, 2.05) is 7.05 Å². The van der Waals surface area contributed by atoms with Gasteiger partial charge >= 0.3 is 0 Å². The summed E-state index contributed by atoms with van der Waals surface area (Å²) in [4.78, 5) is 14.8. The number of hydrogen-bond acceptors (Lipinski definition) is 4. The number of rotatable bonds is 4. The van der Waals surface area contributed by atoms with Crippen molar-refractivity contribution >= 4 is 0 Å². The molecule has 0 spiro atoms. The Morgan fingerprint density at radius 2 is 2.05 bits per heavy atom. The van der Waals surface area contributed by atoms with Crippen molar-refractivity contribution in [3.05, 3.63) is 45.8 Å². The van der Waals surface area contributed by atoms with Crippen molar-refractivity contribution in [2.75, 3.05) is 39.8 Å². The van der Waals surface area contributed by atoms with E-state index in [9.17, 15) is 14.5 Å². The summed E-state index contributed by atoms with van der Waals surface area (Å²) in [5.74, 6) is -0.347. The molecule has 0 radical (unpaired) electrons. The maximum atomic E-state index is 13.3. The van der Waals surface area contributed by atoms with Gasteiger partial charge in [-0.05, 0) is 24.7 Å². The molecule has 6 heteroatoms. The number of hydrogen-bond donors (Lipinski definition) is 0. The van der Waals surface area contributed by atoms with Gasteiger partial charge in [-0.15, -0.1) is 0 Å². The van der Waals surface area contributed by atoms with Gasteiger partial charge in [0, 0.05) is 31.1 Å². The lowest BCUT2D eigenvalue weighted by Gasteiger charge is -2.36. The minimum absolute atomic E-state index is 0.187. The van der Waals surface area contributed by atoms with Crippen LogP contribution in [-0.2, 0) is 0 Å². The molecule has 1 heterocycles. The van der Waals surface area contributed by atoms with Crippen LogP contribution in [0.5, 0.6) is 0 Å². The fraction of sp³-hybridized carbons (Fsp3) is 0.538. The monoisotopic (exact) mass is 267 g/mol. The lowest BCUT2D eigenvalue weighted by Crippen LogP contribution is -2.47. The Labute approximate surface area is 111 Å². The molecule has 0 aliphatic carbocycles. The first kappa shape index (κ1) is 13.9. The van der Waals surface area contributed by atoms with Crippen molar-refractivity contribution in [2.45, 2.75) is 6.04 Å². The molecule has 1 aromatic carbocycles. The van der Waals surface area contributed by atoms with Gasteiger partial charge in [-0.2, -0.15) is 0 Å². The summed E-state index contributed by atoms with van der Waals surface area (Å²) in [6, 6.07) is 5.77. The maximum absolute atomic E-state index is 13.3. The van der Waals surface area contributed by atoms with E-state index in [0.29, 0.717) is 5.56 Å². The molecular weight excluding hydrogens is 249 g/mol. The lowest BCUT2D eigenvalue weighted by molar-refractivity contribution is -0.488. The van der Waals surface area contributed by atoms with Crippen LogP contribution in [0.4, 0.5) is 4.39 Å². The van der Waals surface area contributed by atoms with E-state index in [2.05, 4.69) is 9.80 Å². The van der Waals surface area contributed by atoms with Gasteiger partial charge < -0.3 is 4.90 Å². The van der Waals surface area contributed by atoms with Crippen molar-refractivity contribution in [1.29, 1.82) is 0 Å².